The van der Waals surface area contributed by atoms with Crippen molar-refractivity contribution in [1.82, 2.24) is 0 Å². The van der Waals surface area contributed by atoms with Gasteiger partial charge in [0.05, 0.1) is 0 Å². The molecule has 0 bridgehead atoms. The van der Waals surface area contributed by atoms with Crippen LogP contribution in [0.1, 0.15) is 0 Å². The standard InChI is InChI=1S/C6H8O6/c7-1-2(8)5-3(9)4(10)6(11)12-5/h1-5,8-10H/t2-,3-,4+,5+/m1/s1. The van der Waals surface area contributed by atoms with Crippen LogP contribution in [0.25, 0.3) is 0 Å². The fraction of sp³-hybridized carbons (Fsp3) is 0.667. The Bertz CT molecular complexity index is 202. The molecule has 0 aliphatic carbocycles. The predicted molar refractivity (Wildman–Crippen MR) is 34.0 cm³/mol. The number of aliphatic hydroxyl groups is 3. The van der Waals surface area contributed by atoms with Crippen molar-refractivity contribution in [2.45, 2.75) is 24.4 Å². The average Bonchev–Trinajstić information content (AvgIpc) is 2.32. The lowest BCUT2D eigenvalue weighted by atomic mass is 10.1. The van der Waals surface area contributed by atoms with Gasteiger partial charge < -0.3 is 24.9 Å². The number of aliphatic hydroxyl groups excluding tert-OH is 3. The number of carbonyl (C=O) groups excluding carboxylic acids is 2. The molecule has 0 unspecified atom stereocenters. The molecule has 1 rings (SSSR count). The van der Waals surface area contributed by atoms with Crippen molar-refractivity contribution in [2.24, 2.45) is 0 Å². The van der Waals surface area contributed by atoms with Gasteiger partial charge in [-0.2, -0.15) is 0 Å². The van der Waals surface area contributed by atoms with E-state index in [0.717, 1.165) is 0 Å². The lowest BCUT2D eigenvalue weighted by molar-refractivity contribution is -0.151. The highest BCUT2D eigenvalue weighted by atomic mass is 16.6. The molecule has 0 aromatic heterocycles. The van der Waals surface area contributed by atoms with Crippen LogP contribution in [0.5, 0.6) is 0 Å². The largest absolute Gasteiger partial charge is 0.454 e. The minimum Gasteiger partial charge on any atom is -0.454 e. The highest BCUT2D eigenvalue weighted by Gasteiger charge is 2.46. The van der Waals surface area contributed by atoms with Crippen LogP contribution in [0.3, 0.4) is 0 Å². The minimum atomic E-state index is -1.68. The molecule has 0 amide bonds. The maximum Gasteiger partial charge on any atom is 0.338 e. The molecule has 12 heavy (non-hydrogen) atoms. The van der Waals surface area contributed by atoms with E-state index in [9.17, 15) is 9.59 Å². The molecular weight excluding hydrogens is 168 g/mol. The number of aldehydes is 1. The van der Waals surface area contributed by atoms with Gasteiger partial charge >= 0.3 is 5.97 Å². The Morgan fingerprint density at radius 1 is 1.50 bits per heavy atom. The van der Waals surface area contributed by atoms with E-state index < -0.39 is 30.4 Å². The van der Waals surface area contributed by atoms with E-state index in [4.69, 9.17) is 15.3 Å². The van der Waals surface area contributed by atoms with Gasteiger partial charge in [-0.25, -0.2) is 4.79 Å². The summed E-state index contributed by atoms with van der Waals surface area (Å²) in [5.74, 6) is -1.03. The summed E-state index contributed by atoms with van der Waals surface area (Å²) < 4.78 is 4.32. The zero-order chi connectivity index (χ0) is 9.30. The predicted octanol–water partition coefficient (Wildman–Crippen LogP) is -2.81. The van der Waals surface area contributed by atoms with E-state index in [1.807, 2.05) is 0 Å². The number of rotatable bonds is 2. The first-order chi connectivity index (χ1) is 5.57. The first-order valence-corrected chi connectivity index (χ1v) is 3.28. The maximum absolute atomic E-state index is 10.6. The van der Waals surface area contributed by atoms with E-state index in [-0.39, 0.29) is 6.29 Å². The van der Waals surface area contributed by atoms with Gasteiger partial charge in [0, 0.05) is 0 Å². The van der Waals surface area contributed by atoms with E-state index in [2.05, 4.69) is 4.74 Å². The summed E-state index contributed by atoms with van der Waals surface area (Å²) in [5, 5.41) is 26.7. The van der Waals surface area contributed by atoms with E-state index in [1.165, 1.54) is 0 Å². The quantitative estimate of drug-likeness (QED) is 0.310. The minimum absolute atomic E-state index is 0.124. The topological polar surface area (TPSA) is 104 Å². The number of hydrogen-bond acceptors (Lipinski definition) is 6. The van der Waals surface area contributed by atoms with Gasteiger partial charge in [-0.3, -0.25) is 0 Å². The second kappa shape index (κ2) is 3.18. The van der Waals surface area contributed by atoms with Crippen LogP contribution in [0.4, 0.5) is 0 Å². The molecular formula is C6H8O6. The molecule has 0 spiro atoms. The number of esters is 1. The number of cyclic esters (lactones) is 1. The highest BCUT2D eigenvalue weighted by molar-refractivity contribution is 5.78. The third kappa shape index (κ3) is 1.31. The molecule has 6 nitrogen and oxygen atoms in total. The van der Waals surface area contributed by atoms with Crippen LogP contribution in [-0.2, 0) is 14.3 Å². The highest BCUT2D eigenvalue weighted by Crippen LogP contribution is 2.17. The first-order valence-electron chi connectivity index (χ1n) is 3.28. The summed E-state index contributed by atoms with van der Waals surface area (Å²) in [6.45, 7) is 0. The van der Waals surface area contributed by atoms with Gasteiger partial charge in [0.1, 0.15) is 12.2 Å². The maximum atomic E-state index is 10.6. The van der Waals surface area contributed by atoms with Crippen molar-refractivity contribution in [3.8, 4) is 0 Å². The molecule has 0 radical (unpaired) electrons. The van der Waals surface area contributed by atoms with Gasteiger partial charge in [0.25, 0.3) is 0 Å². The first kappa shape index (κ1) is 9.11. The Morgan fingerprint density at radius 2 is 2.08 bits per heavy atom. The third-order valence-electron chi connectivity index (χ3n) is 1.63. The smallest absolute Gasteiger partial charge is 0.338 e. The van der Waals surface area contributed by atoms with Crippen LogP contribution in [0, 0.1) is 0 Å². The molecule has 0 saturated carbocycles. The molecule has 1 heterocycles. The zero-order valence-corrected chi connectivity index (χ0v) is 5.95. The summed E-state index contributed by atoms with van der Waals surface area (Å²) in [6, 6.07) is 0. The third-order valence-corrected chi connectivity index (χ3v) is 1.63. The summed E-state index contributed by atoms with van der Waals surface area (Å²) in [7, 11) is 0. The van der Waals surface area contributed by atoms with Crippen LogP contribution >= 0.6 is 0 Å². The molecule has 4 atom stereocenters. The van der Waals surface area contributed by atoms with Crippen molar-refractivity contribution in [2.75, 3.05) is 0 Å². The fourth-order valence-electron chi connectivity index (χ4n) is 0.942. The lowest BCUT2D eigenvalue weighted by Gasteiger charge is -2.14. The van der Waals surface area contributed by atoms with Crippen molar-refractivity contribution in [1.29, 1.82) is 0 Å². The van der Waals surface area contributed by atoms with Gasteiger partial charge in [-0.1, -0.05) is 0 Å². The Labute approximate surface area is 67.4 Å². The van der Waals surface area contributed by atoms with Gasteiger partial charge in [0.15, 0.2) is 18.5 Å². The van der Waals surface area contributed by atoms with Crippen LogP contribution in [0.15, 0.2) is 0 Å². The van der Waals surface area contributed by atoms with Crippen molar-refractivity contribution < 1.29 is 29.6 Å². The molecule has 1 aliphatic rings. The molecule has 3 N–H and O–H groups in total. The van der Waals surface area contributed by atoms with E-state index in [0.29, 0.717) is 0 Å². The van der Waals surface area contributed by atoms with Gasteiger partial charge in [-0.05, 0) is 0 Å². The number of carbonyl (C=O) groups is 2. The molecule has 6 heteroatoms. The average molecular weight is 176 g/mol. The molecule has 1 saturated heterocycles. The van der Waals surface area contributed by atoms with Crippen molar-refractivity contribution >= 4 is 12.3 Å². The summed E-state index contributed by atoms with van der Waals surface area (Å²) in [4.78, 5) is 20.6. The number of hydrogen-bond donors (Lipinski definition) is 3. The molecule has 1 aliphatic heterocycles. The summed E-state index contributed by atoms with van der Waals surface area (Å²) in [6.07, 6.45) is -6.05. The van der Waals surface area contributed by atoms with E-state index >= 15 is 0 Å². The van der Waals surface area contributed by atoms with Crippen LogP contribution in [0.2, 0.25) is 0 Å². The molecule has 68 valence electrons. The Kier molecular flexibility index (Phi) is 2.41. The molecule has 0 aromatic carbocycles. The van der Waals surface area contributed by atoms with Crippen molar-refractivity contribution in [3.05, 3.63) is 0 Å². The van der Waals surface area contributed by atoms with Crippen molar-refractivity contribution in [3.63, 3.8) is 0 Å². The second-order valence-electron chi connectivity index (χ2n) is 2.46. The second-order valence-corrected chi connectivity index (χ2v) is 2.46. The SMILES string of the molecule is O=C[C@@H](O)[C@@H]1OC(=O)[C@@H](O)[C@H]1O. The monoisotopic (exact) mass is 176 g/mol. The van der Waals surface area contributed by atoms with Crippen LogP contribution < -0.4 is 0 Å². The van der Waals surface area contributed by atoms with E-state index in [1.54, 1.807) is 0 Å². The fourth-order valence-corrected chi connectivity index (χ4v) is 0.942. The molecule has 0 aromatic rings. The Hall–Kier alpha value is -0.980. The lowest BCUT2D eigenvalue weighted by Crippen LogP contribution is -2.39. The summed E-state index contributed by atoms with van der Waals surface area (Å²) in [5.41, 5.74) is 0. The van der Waals surface area contributed by atoms with Crippen LogP contribution in [-0.4, -0.2) is 52.0 Å². The number of ether oxygens (including phenoxy) is 1. The Morgan fingerprint density at radius 3 is 2.42 bits per heavy atom. The van der Waals surface area contributed by atoms with Gasteiger partial charge in [-0.15, -0.1) is 0 Å². The summed E-state index contributed by atoms with van der Waals surface area (Å²) >= 11 is 0. The zero-order valence-electron chi connectivity index (χ0n) is 5.95. The normalized spacial score (nSPS) is 37.6. The van der Waals surface area contributed by atoms with Gasteiger partial charge in [0.2, 0.25) is 0 Å². The molecule has 1 fully saturated rings. The Balaban J connectivity index is 2.70.